The first-order valence-electron chi connectivity index (χ1n) is 8.84. The highest BCUT2D eigenvalue weighted by Crippen LogP contribution is 2.20. The smallest absolute Gasteiger partial charge is 0.243 e. The van der Waals surface area contributed by atoms with E-state index in [-0.39, 0.29) is 4.90 Å². The van der Waals surface area contributed by atoms with Crippen LogP contribution in [0.5, 0.6) is 0 Å². The molecule has 1 N–H and O–H groups in total. The molecule has 0 amide bonds. The van der Waals surface area contributed by atoms with E-state index in [9.17, 15) is 8.42 Å². The van der Waals surface area contributed by atoms with Gasteiger partial charge in [-0.3, -0.25) is 0 Å². The monoisotopic (exact) mass is 405 g/mol. The number of nitrogens with one attached hydrogen (secondary N) is 1. The van der Waals surface area contributed by atoms with Gasteiger partial charge in [0.2, 0.25) is 10.0 Å². The van der Waals surface area contributed by atoms with Crippen molar-refractivity contribution >= 4 is 38.7 Å². The second-order valence-corrected chi connectivity index (χ2v) is 8.38. The Kier molecular flexibility index (Phi) is 6.43. The molecule has 1 fully saturated rings. The summed E-state index contributed by atoms with van der Waals surface area (Å²) in [5, 5.41) is 3.74. The standard InChI is InChI=1S/C19H23N3O3S2/c1-2-22(17-6-4-3-5-7-17)19(26)20-16-8-10-18(11-9-16)27(23,24)21-12-14-25-15-13-21/h3-11H,2,12-15H2,1H3,(H,20,26). The lowest BCUT2D eigenvalue weighted by Crippen LogP contribution is -2.40. The van der Waals surface area contributed by atoms with E-state index in [4.69, 9.17) is 17.0 Å². The van der Waals surface area contributed by atoms with Crippen molar-refractivity contribution in [3.63, 3.8) is 0 Å². The SMILES string of the molecule is CCN(C(=S)Nc1ccc(S(=O)(=O)N2CCOCC2)cc1)c1ccccc1. The maximum Gasteiger partial charge on any atom is 0.243 e. The van der Waals surface area contributed by atoms with E-state index < -0.39 is 10.0 Å². The first-order chi connectivity index (χ1) is 13.0. The van der Waals surface area contributed by atoms with E-state index in [1.807, 2.05) is 42.2 Å². The van der Waals surface area contributed by atoms with Crippen molar-refractivity contribution < 1.29 is 13.2 Å². The molecule has 1 aliphatic heterocycles. The predicted octanol–water partition coefficient (Wildman–Crippen LogP) is 2.93. The molecular formula is C19H23N3O3S2. The van der Waals surface area contributed by atoms with Crippen LogP contribution in [0.2, 0.25) is 0 Å². The van der Waals surface area contributed by atoms with E-state index in [1.54, 1.807) is 24.3 Å². The highest BCUT2D eigenvalue weighted by Gasteiger charge is 2.26. The lowest BCUT2D eigenvalue weighted by atomic mass is 10.3. The molecular weight excluding hydrogens is 382 g/mol. The largest absolute Gasteiger partial charge is 0.379 e. The number of rotatable bonds is 5. The summed E-state index contributed by atoms with van der Waals surface area (Å²) < 4.78 is 32.0. The molecule has 6 nitrogen and oxygen atoms in total. The van der Waals surface area contributed by atoms with Crippen LogP contribution in [0.15, 0.2) is 59.5 Å². The minimum atomic E-state index is -3.49. The predicted molar refractivity (Wildman–Crippen MR) is 112 cm³/mol. The maximum atomic E-state index is 12.7. The molecule has 2 aromatic carbocycles. The van der Waals surface area contributed by atoms with E-state index in [0.29, 0.717) is 31.4 Å². The van der Waals surface area contributed by atoms with Crippen LogP contribution in [0.4, 0.5) is 11.4 Å². The number of para-hydroxylation sites is 1. The van der Waals surface area contributed by atoms with Gasteiger partial charge in [-0.05, 0) is 55.5 Å². The van der Waals surface area contributed by atoms with E-state index in [1.165, 1.54) is 4.31 Å². The molecule has 3 rings (SSSR count). The van der Waals surface area contributed by atoms with Gasteiger partial charge in [-0.2, -0.15) is 4.31 Å². The summed E-state index contributed by atoms with van der Waals surface area (Å²) in [7, 11) is -3.49. The van der Waals surface area contributed by atoms with Crippen LogP contribution in [-0.2, 0) is 14.8 Å². The van der Waals surface area contributed by atoms with Gasteiger partial charge in [-0.15, -0.1) is 0 Å². The number of hydrogen-bond donors (Lipinski definition) is 1. The quantitative estimate of drug-likeness (QED) is 0.772. The van der Waals surface area contributed by atoms with Crippen molar-refractivity contribution in [1.29, 1.82) is 0 Å². The Bertz CT molecular complexity index is 865. The Hall–Kier alpha value is -2.00. The normalized spacial score (nSPS) is 15.3. The summed E-state index contributed by atoms with van der Waals surface area (Å²) in [6.07, 6.45) is 0. The first-order valence-corrected chi connectivity index (χ1v) is 10.7. The lowest BCUT2D eigenvalue weighted by Gasteiger charge is -2.26. The number of thiocarbonyl (C=S) groups is 1. The molecule has 144 valence electrons. The highest BCUT2D eigenvalue weighted by atomic mass is 32.2. The van der Waals surface area contributed by atoms with Crippen molar-refractivity contribution in [3.8, 4) is 0 Å². The zero-order valence-corrected chi connectivity index (χ0v) is 16.8. The molecule has 0 unspecified atom stereocenters. The third-order valence-corrected chi connectivity index (χ3v) is 6.58. The number of anilines is 2. The number of morpholine rings is 1. The Labute approximate surface area is 165 Å². The number of nitrogens with zero attached hydrogens (tertiary/aromatic N) is 2. The fourth-order valence-corrected chi connectivity index (χ4v) is 4.65. The average molecular weight is 406 g/mol. The summed E-state index contributed by atoms with van der Waals surface area (Å²) in [5.74, 6) is 0. The van der Waals surface area contributed by atoms with Gasteiger partial charge in [0.1, 0.15) is 0 Å². The van der Waals surface area contributed by atoms with Gasteiger partial charge in [0.05, 0.1) is 18.1 Å². The summed E-state index contributed by atoms with van der Waals surface area (Å²) in [4.78, 5) is 2.25. The molecule has 0 radical (unpaired) electrons. The Morgan fingerprint density at radius 1 is 1.11 bits per heavy atom. The van der Waals surface area contributed by atoms with Crippen molar-refractivity contribution in [2.24, 2.45) is 0 Å². The summed E-state index contributed by atoms with van der Waals surface area (Å²) in [6.45, 7) is 4.38. The highest BCUT2D eigenvalue weighted by molar-refractivity contribution is 7.89. The summed E-state index contributed by atoms with van der Waals surface area (Å²) >= 11 is 5.52. The lowest BCUT2D eigenvalue weighted by molar-refractivity contribution is 0.0730. The second-order valence-electron chi connectivity index (χ2n) is 6.05. The van der Waals surface area contributed by atoms with Crippen LogP contribution in [0.25, 0.3) is 0 Å². The third-order valence-electron chi connectivity index (χ3n) is 4.34. The second kappa shape index (κ2) is 8.79. The zero-order chi connectivity index (χ0) is 19.3. The van der Waals surface area contributed by atoms with E-state index in [0.717, 1.165) is 17.9 Å². The molecule has 0 aromatic heterocycles. The topological polar surface area (TPSA) is 61.9 Å². The molecule has 8 heteroatoms. The fraction of sp³-hybridized carbons (Fsp3) is 0.316. The molecule has 0 saturated carbocycles. The van der Waals surface area contributed by atoms with Crippen molar-refractivity contribution in [3.05, 3.63) is 54.6 Å². The first kappa shape index (κ1) is 19.8. The Morgan fingerprint density at radius 3 is 2.33 bits per heavy atom. The molecule has 1 aliphatic rings. The summed E-state index contributed by atoms with van der Waals surface area (Å²) in [5.41, 5.74) is 1.75. The summed E-state index contributed by atoms with van der Waals surface area (Å²) in [6, 6.07) is 16.6. The van der Waals surface area contributed by atoms with Crippen LogP contribution >= 0.6 is 12.2 Å². The number of benzene rings is 2. The molecule has 27 heavy (non-hydrogen) atoms. The fourth-order valence-electron chi connectivity index (χ4n) is 2.89. The number of ether oxygens (including phenoxy) is 1. The van der Waals surface area contributed by atoms with E-state index >= 15 is 0 Å². The average Bonchev–Trinajstić information content (AvgIpc) is 2.70. The molecule has 1 heterocycles. The van der Waals surface area contributed by atoms with Gasteiger partial charge in [-0.1, -0.05) is 18.2 Å². The van der Waals surface area contributed by atoms with Crippen LogP contribution in [0.3, 0.4) is 0 Å². The van der Waals surface area contributed by atoms with Gasteiger partial charge in [0.25, 0.3) is 0 Å². The number of sulfonamides is 1. The number of hydrogen-bond acceptors (Lipinski definition) is 4. The van der Waals surface area contributed by atoms with Crippen molar-refractivity contribution in [2.75, 3.05) is 43.1 Å². The van der Waals surface area contributed by atoms with Crippen LogP contribution in [-0.4, -0.2) is 50.7 Å². The molecule has 0 spiro atoms. The molecule has 0 bridgehead atoms. The van der Waals surface area contributed by atoms with Gasteiger partial charge in [-0.25, -0.2) is 8.42 Å². The molecule has 0 atom stereocenters. The van der Waals surface area contributed by atoms with Gasteiger partial charge in [0, 0.05) is 31.0 Å². The van der Waals surface area contributed by atoms with Gasteiger partial charge in [0.15, 0.2) is 5.11 Å². The van der Waals surface area contributed by atoms with Gasteiger partial charge < -0.3 is 15.0 Å². The zero-order valence-electron chi connectivity index (χ0n) is 15.2. The van der Waals surface area contributed by atoms with Crippen LogP contribution in [0.1, 0.15) is 6.92 Å². The van der Waals surface area contributed by atoms with E-state index in [2.05, 4.69) is 5.32 Å². The molecule has 0 aliphatic carbocycles. The third kappa shape index (κ3) is 4.65. The molecule has 2 aromatic rings. The van der Waals surface area contributed by atoms with Crippen molar-refractivity contribution in [1.82, 2.24) is 4.31 Å². The minimum Gasteiger partial charge on any atom is -0.379 e. The van der Waals surface area contributed by atoms with Crippen LogP contribution < -0.4 is 10.2 Å². The Balaban J connectivity index is 1.71. The van der Waals surface area contributed by atoms with Crippen LogP contribution in [0, 0.1) is 0 Å². The molecule has 1 saturated heterocycles. The maximum absolute atomic E-state index is 12.7. The van der Waals surface area contributed by atoms with Gasteiger partial charge >= 0.3 is 0 Å². The minimum absolute atomic E-state index is 0.274. The van der Waals surface area contributed by atoms with Crippen molar-refractivity contribution in [2.45, 2.75) is 11.8 Å². The Morgan fingerprint density at radius 2 is 1.74 bits per heavy atom.